The molecule has 0 saturated heterocycles. The number of benzene rings is 1. The number of hydrogen-bond acceptors (Lipinski definition) is 4. The first-order valence-corrected chi connectivity index (χ1v) is 7.07. The summed E-state index contributed by atoms with van der Waals surface area (Å²) in [5.74, 6) is 1.53. The van der Waals surface area contributed by atoms with Gasteiger partial charge in [-0.1, -0.05) is 42.1 Å². The lowest BCUT2D eigenvalue weighted by Crippen LogP contribution is -1.98. The summed E-state index contributed by atoms with van der Waals surface area (Å²) in [6.07, 6.45) is 3.51. The SMILES string of the molecule is Cn1c(N)nnc1SCCCCc1ccccc1. The van der Waals surface area contributed by atoms with Crippen LogP contribution < -0.4 is 5.73 Å². The summed E-state index contributed by atoms with van der Waals surface area (Å²) < 4.78 is 1.82. The van der Waals surface area contributed by atoms with Gasteiger partial charge in [0, 0.05) is 12.8 Å². The standard InChI is InChI=1S/C13H18N4S/c1-17-12(14)15-16-13(17)18-10-6-5-9-11-7-3-2-4-8-11/h2-4,7-8H,5-6,9-10H2,1H3,(H2,14,15). The lowest BCUT2D eigenvalue weighted by Gasteiger charge is -2.02. The Bertz CT molecular complexity index is 481. The summed E-state index contributed by atoms with van der Waals surface area (Å²) in [6, 6.07) is 10.6. The fourth-order valence-corrected chi connectivity index (χ4v) is 2.61. The van der Waals surface area contributed by atoms with E-state index in [4.69, 9.17) is 5.73 Å². The van der Waals surface area contributed by atoms with Gasteiger partial charge in [-0.2, -0.15) is 0 Å². The first-order chi connectivity index (χ1) is 8.77. The van der Waals surface area contributed by atoms with E-state index in [1.165, 1.54) is 18.4 Å². The Morgan fingerprint density at radius 1 is 1.17 bits per heavy atom. The van der Waals surface area contributed by atoms with Crippen LogP contribution in [0.5, 0.6) is 0 Å². The highest BCUT2D eigenvalue weighted by Crippen LogP contribution is 2.18. The number of nitrogens with two attached hydrogens (primary N) is 1. The maximum absolute atomic E-state index is 5.62. The molecule has 5 heteroatoms. The van der Waals surface area contributed by atoms with Crippen LogP contribution >= 0.6 is 11.8 Å². The molecule has 2 aromatic rings. The van der Waals surface area contributed by atoms with E-state index in [9.17, 15) is 0 Å². The van der Waals surface area contributed by atoms with Gasteiger partial charge < -0.3 is 5.73 Å². The molecule has 0 amide bonds. The van der Waals surface area contributed by atoms with Gasteiger partial charge in [0.05, 0.1) is 0 Å². The molecule has 0 atom stereocenters. The largest absolute Gasteiger partial charge is 0.368 e. The highest BCUT2D eigenvalue weighted by Gasteiger charge is 2.05. The van der Waals surface area contributed by atoms with Gasteiger partial charge >= 0.3 is 0 Å². The Balaban J connectivity index is 1.66. The third kappa shape index (κ3) is 3.50. The van der Waals surface area contributed by atoms with E-state index in [-0.39, 0.29) is 0 Å². The lowest BCUT2D eigenvalue weighted by atomic mass is 10.1. The van der Waals surface area contributed by atoms with Crippen LogP contribution in [0.25, 0.3) is 0 Å². The molecule has 0 bridgehead atoms. The van der Waals surface area contributed by atoms with Crippen molar-refractivity contribution in [1.29, 1.82) is 0 Å². The van der Waals surface area contributed by atoms with Crippen molar-refractivity contribution >= 4 is 17.7 Å². The van der Waals surface area contributed by atoms with Crippen LogP contribution in [0.3, 0.4) is 0 Å². The molecule has 1 aromatic carbocycles. The summed E-state index contributed by atoms with van der Waals surface area (Å²) in [7, 11) is 1.89. The molecule has 18 heavy (non-hydrogen) atoms. The van der Waals surface area contributed by atoms with Crippen LogP contribution in [-0.2, 0) is 13.5 Å². The van der Waals surface area contributed by atoms with Gasteiger partial charge in [0.1, 0.15) is 0 Å². The number of nitrogen functional groups attached to an aromatic ring is 1. The van der Waals surface area contributed by atoms with Crippen molar-refractivity contribution in [3.05, 3.63) is 35.9 Å². The number of aryl methyl sites for hydroxylation is 1. The van der Waals surface area contributed by atoms with Crippen molar-refractivity contribution in [2.75, 3.05) is 11.5 Å². The normalized spacial score (nSPS) is 10.7. The first kappa shape index (κ1) is 13.0. The fraction of sp³-hybridized carbons (Fsp3) is 0.385. The predicted octanol–water partition coefficient (Wildman–Crippen LogP) is 2.51. The van der Waals surface area contributed by atoms with Crippen LogP contribution in [0.2, 0.25) is 0 Å². The maximum atomic E-state index is 5.62. The Labute approximate surface area is 112 Å². The zero-order chi connectivity index (χ0) is 12.8. The Kier molecular flexibility index (Phi) is 4.64. The molecule has 2 N–H and O–H groups in total. The molecule has 0 aliphatic heterocycles. The van der Waals surface area contributed by atoms with Gasteiger partial charge in [0.2, 0.25) is 5.95 Å². The number of thioether (sulfide) groups is 1. The third-order valence-electron chi connectivity index (χ3n) is 2.80. The van der Waals surface area contributed by atoms with Crippen molar-refractivity contribution in [1.82, 2.24) is 14.8 Å². The average Bonchev–Trinajstić information content (AvgIpc) is 2.71. The van der Waals surface area contributed by atoms with E-state index in [1.807, 2.05) is 11.6 Å². The molecule has 2 rings (SSSR count). The van der Waals surface area contributed by atoms with Crippen molar-refractivity contribution in [3.8, 4) is 0 Å². The molecule has 4 nitrogen and oxygen atoms in total. The molecular weight excluding hydrogens is 244 g/mol. The highest BCUT2D eigenvalue weighted by molar-refractivity contribution is 7.99. The summed E-state index contributed by atoms with van der Waals surface area (Å²) in [5, 5.41) is 8.75. The molecule has 0 fully saturated rings. The Morgan fingerprint density at radius 2 is 1.94 bits per heavy atom. The topological polar surface area (TPSA) is 56.7 Å². The van der Waals surface area contributed by atoms with Crippen LogP contribution in [0, 0.1) is 0 Å². The van der Waals surface area contributed by atoms with Crippen molar-refractivity contribution in [2.24, 2.45) is 7.05 Å². The average molecular weight is 262 g/mol. The molecule has 1 aromatic heterocycles. The number of unbranched alkanes of at least 4 members (excludes halogenated alkanes) is 1. The summed E-state index contributed by atoms with van der Waals surface area (Å²) in [5.41, 5.74) is 7.03. The summed E-state index contributed by atoms with van der Waals surface area (Å²) in [4.78, 5) is 0. The Hall–Kier alpha value is -1.49. The second-order valence-electron chi connectivity index (χ2n) is 4.19. The molecule has 0 spiro atoms. The van der Waals surface area contributed by atoms with E-state index < -0.39 is 0 Å². The molecule has 0 aliphatic carbocycles. The minimum atomic E-state index is 0.474. The third-order valence-corrected chi connectivity index (χ3v) is 3.91. The first-order valence-electron chi connectivity index (χ1n) is 6.09. The van der Waals surface area contributed by atoms with E-state index in [0.29, 0.717) is 5.95 Å². The van der Waals surface area contributed by atoms with Crippen LogP contribution in [0.15, 0.2) is 35.5 Å². The van der Waals surface area contributed by atoms with Crippen molar-refractivity contribution < 1.29 is 0 Å². The van der Waals surface area contributed by atoms with Crippen LogP contribution in [0.4, 0.5) is 5.95 Å². The lowest BCUT2D eigenvalue weighted by molar-refractivity contribution is 0.780. The number of aromatic nitrogens is 3. The smallest absolute Gasteiger partial charge is 0.222 e. The molecular formula is C13H18N4S. The van der Waals surface area contributed by atoms with Gasteiger partial charge in [0.25, 0.3) is 0 Å². The molecule has 0 saturated carbocycles. The van der Waals surface area contributed by atoms with Crippen LogP contribution in [0.1, 0.15) is 18.4 Å². The second kappa shape index (κ2) is 6.44. The number of hydrogen-bond donors (Lipinski definition) is 1. The predicted molar refractivity (Wildman–Crippen MR) is 75.5 cm³/mol. The molecule has 0 unspecified atom stereocenters. The maximum Gasteiger partial charge on any atom is 0.222 e. The second-order valence-corrected chi connectivity index (χ2v) is 5.25. The molecule has 1 heterocycles. The molecule has 0 radical (unpaired) electrons. The van der Waals surface area contributed by atoms with Gasteiger partial charge in [0.15, 0.2) is 5.16 Å². The number of nitrogens with zero attached hydrogens (tertiary/aromatic N) is 3. The van der Waals surface area contributed by atoms with Gasteiger partial charge in [-0.25, -0.2) is 0 Å². The fourth-order valence-electron chi connectivity index (χ4n) is 1.69. The zero-order valence-corrected chi connectivity index (χ0v) is 11.4. The molecule has 0 aliphatic rings. The number of rotatable bonds is 6. The van der Waals surface area contributed by atoms with Crippen molar-refractivity contribution in [3.63, 3.8) is 0 Å². The zero-order valence-electron chi connectivity index (χ0n) is 10.5. The van der Waals surface area contributed by atoms with Crippen LogP contribution in [-0.4, -0.2) is 20.5 Å². The van der Waals surface area contributed by atoms with E-state index in [2.05, 4.69) is 40.5 Å². The number of anilines is 1. The monoisotopic (exact) mass is 262 g/mol. The van der Waals surface area contributed by atoms with E-state index in [0.717, 1.165) is 17.3 Å². The minimum absolute atomic E-state index is 0.474. The Morgan fingerprint density at radius 3 is 2.61 bits per heavy atom. The van der Waals surface area contributed by atoms with Gasteiger partial charge in [-0.05, 0) is 24.8 Å². The summed E-state index contributed by atoms with van der Waals surface area (Å²) >= 11 is 1.71. The summed E-state index contributed by atoms with van der Waals surface area (Å²) in [6.45, 7) is 0. The van der Waals surface area contributed by atoms with Crippen molar-refractivity contribution in [2.45, 2.75) is 24.4 Å². The van der Waals surface area contributed by atoms with Gasteiger partial charge in [-0.3, -0.25) is 4.57 Å². The van der Waals surface area contributed by atoms with E-state index >= 15 is 0 Å². The molecule has 96 valence electrons. The quantitative estimate of drug-likeness (QED) is 0.642. The van der Waals surface area contributed by atoms with Gasteiger partial charge in [-0.15, -0.1) is 10.2 Å². The minimum Gasteiger partial charge on any atom is -0.368 e. The van der Waals surface area contributed by atoms with E-state index in [1.54, 1.807) is 11.8 Å². The highest BCUT2D eigenvalue weighted by atomic mass is 32.2.